The van der Waals surface area contributed by atoms with Gasteiger partial charge in [0, 0.05) is 35.5 Å². The third kappa shape index (κ3) is 7.72. The van der Waals surface area contributed by atoms with Crippen molar-refractivity contribution in [1.29, 1.82) is 0 Å². The van der Waals surface area contributed by atoms with Gasteiger partial charge in [0.15, 0.2) is 11.6 Å². The van der Waals surface area contributed by atoms with Gasteiger partial charge in [-0.3, -0.25) is 24.1 Å². The van der Waals surface area contributed by atoms with Gasteiger partial charge in [-0.15, -0.1) is 0 Å². The molecule has 0 bridgehead atoms. The van der Waals surface area contributed by atoms with Gasteiger partial charge in [0.1, 0.15) is 0 Å². The third-order valence-electron chi connectivity index (χ3n) is 6.31. The topological polar surface area (TPSA) is 105 Å². The largest absolute Gasteiger partial charge is 0.465 e. The number of anilines is 1. The molecule has 0 atom stereocenters. The molecule has 2 aromatic carbocycles. The summed E-state index contributed by atoms with van der Waals surface area (Å²) in [5.74, 6) is -0.977. The Hall–Kier alpha value is -3.56. The van der Waals surface area contributed by atoms with Gasteiger partial charge in [-0.05, 0) is 52.9 Å². The van der Waals surface area contributed by atoms with Crippen molar-refractivity contribution < 1.29 is 28.7 Å². The fourth-order valence-corrected chi connectivity index (χ4v) is 4.53. The molecule has 9 nitrogen and oxygen atoms in total. The van der Waals surface area contributed by atoms with Gasteiger partial charge >= 0.3 is 11.9 Å². The maximum atomic E-state index is 13.1. The highest BCUT2D eigenvalue weighted by Gasteiger charge is 2.31. The molecule has 1 N–H and O–H groups in total. The van der Waals surface area contributed by atoms with Crippen LogP contribution in [0.4, 0.5) is 5.69 Å². The predicted molar refractivity (Wildman–Crippen MR) is 145 cm³/mol. The van der Waals surface area contributed by atoms with Crippen molar-refractivity contribution >= 4 is 29.2 Å². The lowest BCUT2D eigenvalue weighted by Gasteiger charge is -2.23. The Morgan fingerprint density at radius 2 is 1.34 bits per heavy atom. The highest BCUT2D eigenvalue weighted by Crippen LogP contribution is 2.31. The van der Waals surface area contributed by atoms with Crippen molar-refractivity contribution in [1.82, 2.24) is 9.80 Å². The molecule has 3 rings (SSSR count). The third-order valence-corrected chi connectivity index (χ3v) is 6.31. The minimum absolute atomic E-state index is 0.0490. The second kappa shape index (κ2) is 14.4. The molecule has 0 heterocycles. The van der Waals surface area contributed by atoms with E-state index in [1.54, 1.807) is 55.1 Å². The SMILES string of the molecule is CCOC(=O)CN(CCCN(C)CCCNc1cccc2c1C(=O)c1ccccc1C2=O)CC(=O)OCC. The van der Waals surface area contributed by atoms with Crippen molar-refractivity contribution in [3.63, 3.8) is 0 Å². The van der Waals surface area contributed by atoms with Crippen LogP contribution in [0.5, 0.6) is 0 Å². The van der Waals surface area contributed by atoms with Gasteiger partial charge < -0.3 is 19.7 Å². The van der Waals surface area contributed by atoms with Crippen LogP contribution in [-0.4, -0.2) is 92.8 Å². The van der Waals surface area contributed by atoms with Crippen molar-refractivity contribution in [3.05, 3.63) is 64.7 Å². The van der Waals surface area contributed by atoms with E-state index in [9.17, 15) is 19.2 Å². The van der Waals surface area contributed by atoms with Gasteiger partial charge in [-0.1, -0.05) is 36.4 Å². The standard InChI is InChI=1S/C29H37N3O6/c1-4-37-25(33)19-32(20-26(34)38-5-2)18-10-17-31(3)16-9-15-30-24-14-8-13-23-27(24)29(36)22-12-7-6-11-21(22)28(23)35/h6-8,11-14,30H,4-5,9-10,15-20H2,1-3H3. The molecule has 0 fully saturated rings. The molecule has 204 valence electrons. The number of ether oxygens (including phenoxy) is 2. The zero-order chi connectivity index (χ0) is 27.5. The van der Waals surface area contributed by atoms with E-state index in [0.29, 0.717) is 54.2 Å². The number of rotatable bonds is 15. The minimum atomic E-state index is -0.358. The number of benzene rings is 2. The number of fused-ring (bicyclic) bond motifs is 2. The summed E-state index contributed by atoms with van der Waals surface area (Å²) in [6.07, 6.45) is 1.60. The molecule has 0 aromatic heterocycles. The Morgan fingerprint density at radius 3 is 1.97 bits per heavy atom. The summed E-state index contributed by atoms with van der Waals surface area (Å²) in [4.78, 5) is 53.8. The smallest absolute Gasteiger partial charge is 0.320 e. The zero-order valence-electron chi connectivity index (χ0n) is 22.5. The van der Waals surface area contributed by atoms with E-state index in [-0.39, 0.29) is 36.6 Å². The van der Waals surface area contributed by atoms with E-state index in [1.165, 1.54) is 0 Å². The van der Waals surface area contributed by atoms with Gasteiger partial charge in [0.05, 0.1) is 31.9 Å². The first-order chi connectivity index (χ1) is 18.3. The van der Waals surface area contributed by atoms with E-state index in [1.807, 2.05) is 13.1 Å². The molecular formula is C29H37N3O6. The van der Waals surface area contributed by atoms with Gasteiger partial charge in [-0.2, -0.15) is 0 Å². The van der Waals surface area contributed by atoms with E-state index in [0.717, 1.165) is 25.9 Å². The lowest BCUT2D eigenvalue weighted by atomic mass is 9.83. The van der Waals surface area contributed by atoms with Gasteiger partial charge in [-0.25, -0.2) is 0 Å². The number of hydrogen-bond acceptors (Lipinski definition) is 9. The number of nitrogens with one attached hydrogen (secondary N) is 1. The van der Waals surface area contributed by atoms with Crippen molar-refractivity contribution in [2.75, 3.05) is 64.8 Å². The van der Waals surface area contributed by atoms with E-state index in [2.05, 4.69) is 10.2 Å². The maximum absolute atomic E-state index is 13.1. The Morgan fingerprint density at radius 1 is 0.763 bits per heavy atom. The van der Waals surface area contributed by atoms with Gasteiger partial charge in [0.2, 0.25) is 0 Å². The molecule has 0 radical (unpaired) electrons. The average molecular weight is 524 g/mol. The number of nitrogens with zero attached hydrogens (tertiary/aromatic N) is 2. The van der Waals surface area contributed by atoms with E-state index >= 15 is 0 Å². The van der Waals surface area contributed by atoms with Crippen LogP contribution in [0, 0.1) is 0 Å². The summed E-state index contributed by atoms with van der Waals surface area (Å²) in [5, 5.41) is 3.34. The lowest BCUT2D eigenvalue weighted by molar-refractivity contribution is -0.148. The maximum Gasteiger partial charge on any atom is 0.320 e. The quantitative estimate of drug-likeness (QED) is 0.238. The Bertz CT molecular complexity index is 1130. The molecule has 2 aromatic rings. The summed E-state index contributed by atoms with van der Waals surface area (Å²) in [7, 11) is 2.02. The monoisotopic (exact) mass is 523 g/mol. The molecule has 1 aliphatic rings. The summed E-state index contributed by atoms with van der Waals surface area (Å²) in [6, 6.07) is 12.3. The predicted octanol–water partition coefficient (Wildman–Crippen LogP) is 3.01. The second-order valence-corrected chi connectivity index (χ2v) is 9.19. The Kier molecular flexibility index (Phi) is 11.0. The minimum Gasteiger partial charge on any atom is -0.465 e. The van der Waals surface area contributed by atoms with E-state index in [4.69, 9.17) is 9.47 Å². The highest BCUT2D eigenvalue weighted by molar-refractivity contribution is 6.30. The molecule has 0 spiro atoms. The van der Waals surface area contributed by atoms with Crippen LogP contribution < -0.4 is 5.32 Å². The summed E-state index contributed by atoms with van der Waals surface area (Å²) < 4.78 is 10.0. The van der Waals surface area contributed by atoms with E-state index < -0.39 is 0 Å². The first-order valence-corrected chi connectivity index (χ1v) is 13.1. The van der Waals surface area contributed by atoms with Crippen LogP contribution in [0.15, 0.2) is 42.5 Å². The molecule has 0 amide bonds. The number of ketones is 2. The van der Waals surface area contributed by atoms with Crippen LogP contribution in [0.25, 0.3) is 0 Å². The number of carbonyl (C=O) groups excluding carboxylic acids is 4. The van der Waals surface area contributed by atoms with Crippen LogP contribution in [-0.2, 0) is 19.1 Å². The Labute approximate surface area is 224 Å². The van der Waals surface area contributed by atoms with Crippen molar-refractivity contribution in [3.8, 4) is 0 Å². The molecule has 0 saturated heterocycles. The zero-order valence-corrected chi connectivity index (χ0v) is 22.5. The summed E-state index contributed by atoms with van der Waals surface area (Å²) >= 11 is 0. The normalized spacial score (nSPS) is 12.3. The average Bonchev–Trinajstić information content (AvgIpc) is 2.89. The molecular weight excluding hydrogens is 486 g/mol. The molecule has 0 saturated carbocycles. The first kappa shape index (κ1) is 29.0. The van der Waals surface area contributed by atoms with Crippen molar-refractivity contribution in [2.45, 2.75) is 26.7 Å². The molecule has 38 heavy (non-hydrogen) atoms. The number of hydrogen-bond donors (Lipinski definition) is 1. The van der Waals surface area contributed by atoms with Crippen LogP contribution in [0.3, 0.4) is 0 Å². The second-order valence-electron chi connectivity index (χ2n) is 9.19. The van der Waals surface area contributed by atoms with Gasteiger partial charge in [0.25, 0.3) is 0 Å². The summed E-state index contributed by atoms with van der Waals surface area (Å²) in [5.41, 5.74) is 2.44. The van der Waals surface area contributed by atoms with Crippen LogP contribution >= 0.6 is 0 Å². The molecule has 1 aliphatic carbocycles. The Balaban J connectivity index is 1.46. The highest BCUT2D eigenvalue weighted by atomic mass is 16.5. The van der Waals surface area contributed by atoms with Crippen LogP contribution in [0.1, 0.15) is 58.5 Å². The number of esters is 2. The van der Waals surface area contributed by atoms with Crippen molar-refractivity contribution in [2.24, 2.45) is 0 Å². The first-order valence-electron chi connectivity index (χ1n) is 13.1. The van der Waals surface area contributed by atoms with Crippen LogP contribution in [0.2, 0.25) is 0 Å². The number of carbonyl (C=O) groups is 4. The molecule has 0 aliphatic heterocycles. The molecule has 0 unspecified atom stereocenters. The fraction of sp³-hybridized carbons (Fsp3) is 0.448. The summed E-state index contributed by atoms with van der Waals surface area (Å²) in [6.45, 7) is 7.00. The molecule has 9 heteroatoms. The lowest BCUT2D eigenvalue weighted by Crippen LogP contribution is -2.38. The fourth-order valence-electron chi connectivity index (χ4n) is 4.53.